The first-order valence-corrected chi connectivity index (χ1v) is 7.45. The number of nitrogen functional groups attached to an aromatic ring is 1. The molecule has 0 amide bonds. The number of rotatable bonds is 6. The summed E-state index contributed by atoms with van der Waals surface area (Å²) in [7, 11) is 1.67. The van der Waals surface area contributed by atoms with E-state index < -0.39 is 0 Å². The number of anilines is 2. The highest BCUT2D eigenvalue weighted by Gasteiger charge is 2.12. The Balaban J connectivity index is 2.33. The highest BCUT2D eigenvalue weighted by Crippen LogP contribution is 2.29. The van der Waals surface area contributed by atoms with Crippen LogP contribution in [0.1, 0.15) is 18.9 Å². The lowest BCUT2D eigenvalue weighted by atomic mass is 10.1. The van der Waals surface area contributed by atoms with Crippen LogP contribution in [0.3, 0.4) is 0 Å². The van der Waals surface area contributed by atoms with E-state index >= 15 is 0 Å². The van der Waals surface area contributed by atoms with Gasteiger partial charge in [-0.2, -0.15) is 0 Å². The van der Waals surface area contributed by atoms with E-state index in [4.69, 9.17) is 22.1 Å². The van der Waals surface area contributed by atoms with Crippen molar-refractivity contribution < 1.29 is 4.74 Å². The average molecular weight is 305 g/mol. The first-order valence-electron chi connectivity index (χ1n) is 7.07. The molecule has 4 heteroatoms. The van der Waals surface area contributed by atoms with Crippen molar-refractivity contribution in [2.24, 2.45) is 0 Å². The molecule has 3 nitrogen and oxygen atoms in total. The van der Waals surface area contributed by atoms with Gasteiger partial charge in [0.1, 0.15) is 5.75 Å². The predicted molar refractivity (Wildman–Crippen MR) is 90.2 cm³/mol. The summed E-state index contributed by atoms with van der Waals surface area (Å²) in [6, 6.07) is 13.6. The van der Waals surface area contributed by atoms with Crippen LogP contribution in [0.15, 0.2) is 42.5 Å². The number of ether oxygens (including phenoxy) is 1. The molecule has 0 spiro atoms. The maximum absolute atomic E-state index is 6.11. The molecule has 0 aliphatic heterocycles. The molecule has 0 aliphatic rings. The van der Waals surface area contributed by atoms with Gasteiger partial charge in [0.25, 0.3) is 0 Å². The topological polar surface area (TPSA) is 38.5 Å². The number of para-hydroxylation sites is 2. The molecule has 0 bridgehead atoms. The Morgan fingerprint density at radius 3 is 2.62 bits per heavy atom. The molecule has 0 aromatic heterocycles. The van der Waals surface area contributed by atoms with Crippen molar-refractivity contribution in [3.63, 3.8) is 0 Å². The average Bonchev–Trinajstić information content (AvgIpc) is 2.48. The van der Waals surface area contributed by atoms with Crippen molar-refractivity contribution in [2.75, 3.05) is 24.3 Å². The van der Waals surface area contributed by atoms with Gasteiger partial charge >= 0.3 is 0 Å². The normalized spacial score (nSPS) is 10.4. The fourth-order valence-electron chi connectivity index (χ4n) is 2.41. The summed E-state index contributed by atoms with van der Waals surface area (Å²) in [5.74, 6) is 0.843. The van der Waals surface area contributed by atoms with Crippen LogP contribution < -0.4 is 15.4 Å². The summed E-state index contributed by atoms with van der Waals surface area (Å²) < 4.78 is 5.43. The van der Waals surface area contributed by atoms with Crippen LogP contribution in [0.25, 0.3) is 0 Å². The van der Waals surface area contributed by atoms with Gasteiger partial charge in [-0.05, 0) is 36.8 Å². The standard InChI is InChI=1S/C17H21ClN2O/c1-3-10-20(16-7-5-4-6-15(16)19)12-13-11-14(18)8-9-17(13)21-2/h4-9,11H,3,10,12,19H2,1-2H3. The zero-order chi connectivity index (χ0) is 15.2. The van der Waals surface area contributed by atoms with Gasteiger partial charge in [0.2, 0.25) is 0 Å². The van der Waals surface area contributed by atoms with Crippen molar-refractivity contribution >= 4 is 23.0 Å². The fraction of sp³-hybridized carbons (Fsp3) is 0.294. The van der Waals surface area contributed by atoms with E-state index in [9.17, 15) is 0 Å². The molecule has 112 valence electrons. The largest absolute Gasteiger partial charge is 0.496 e. The highest BCUT2D eigenvalue weighted by atomic mass is 35.5. The molecule has 0 fully saturated rings. The van der Waals surface area contributed by atoms with Crippen LogP contribution in [0.4, 0.5) is 11.4 Å². The minimum Gasteiger partial charge on any atom is -0.496 e. The van der Waals surface area contributed by atoms with Gasteiger partial charge in [0.05, 0.1) is 18.5 Å². The third-order valence-corrected chi connectivity index (χ3v) is 3.61. The molecule has 0 aliphatic carbocycles. The molecular formula is C17H21ClN2O. The van der Waals surface area contributed by atoms with E-state index in [0.717, 1.165) is 35.7 Å². The van der Waals surface area contributed by atoms with Crippen molar-refractivity contribution in [3.05, 3.63) is 53.1 Å². The van der Waals surface area contributed by atoms with Crippen molar-refractivity contribution in [1.82, 2.24) is 0 Å². The Morgan fingerprint density at radius 1 is 1.19 bits per heavy atom. The summed E-state index contributed by atoms with van der Waals surface area (Å²) in [4.78, 5) is 2.25. The minimum absolute atomic E-state index is 0.711. The smallest absolute Gasteiger partial charge is 0.123 e. The third-order valence-electron chi connectivity index (χ3n) is 3.37. The Bertz CT molecular complexity index is 601. The number of methoxy groups -OCH3 is 1. The van der Waals surface area contributed by atoms with E-state index in [0.29, 0.717) is 11.6 Å². The van der Waals surface area contributed by atoms with Crippen LogP contribution in [-0.4, -0.2) is 13.7 Å². The highest BCUT2D eigenvalue weighted by molar-refractivity contribution is 6.30. The number of nitrogens with zero attached hydrogens (tertiary/aromatic N) is 1. The lowest BCUT2D eigenvalue weighted by Gasteiger charge is -2.26. The third kappa shape index (κ3) is 3.82. The number of halogens is 1. The molecule has 2 aromatic carbocycles. The van der Waals surface area contributed by atoms with Crippen molar-refractivity contribution in [1.29, 1.82) is 0 Å². The molecule has 2 N–H and O–H groups in total. The lowest BCUT2D eigenvalue weighted by molar-refractivity contribution is 0.409. The van der Waals surface area contributed by atoms with E-state index in [1.807, 2.05) is 42.5 Å². The Morgan fingerprint density at radius 2 is 1.95 bits per heavy atom. The van der Waals surface area contributed by atoms with Crippen LogP contribution in [0.5, 0.6) is 5.75 Å². The number of hydrogen-bond acceptors (Lipinski definition) is 3. The van der Waals surface area contributed by atoms with Gasteiger partial charge in [-0.25, -0.2) is 0 Å². The molecule has 21 heavy (non-hydrogen) atoms. The van der Waals surface area contributed by atoms with Crippen LogP contribution in [-0.2, 0) is 6.54 Å². The van der Waals surface area contributed by atoms with Crippen molar-refractivity contribution in [2.45, 2.75) is 19.9 Å². The molecule has 0 atom stereocenters. The van der Waals surface area contributed by atoms with Crippen LogP contribution in [0.2, 0.25) is 5.02 Å². The quantitative estimate of drug-likeness (QED) is 0.806. The first-order chi connectivity index (χ1) is 10.2. The molecule has 0 heterocycles. The first kappa shape index (κ1) is 15.5. The maximum atomic E-state index is 6.11. The molecular weight excluding hydrogens is 284 g/mol. The monoisotopic (exact) mass is 304 g/mol. The van der Waals surface area contributed by atoms with E-state index in [2.05, 4.69) is 11.8 Å². The van der Waals surface area contributed by atoms with E-state index in [-0.39, 0.29) is 0 Å². The predicted octanol–water partition coefficient (Wildman–Crippen LogP) is 4.35. The molecule has 2 aromatic rings. The van der Waals surface area contributed by atoms with Crippen LogP contribution >= 0.6 is 11.6 Å². The Hall–Kier alpha value is -1.87. The van der Waals surface area contributed by atoms with Crippen molar-refractivity contribution in [3.8, 4) is 5.75 Å². The molecule has 0 unspecified atom stereocenters. The Labute approximate surface area is 131 Å². The summed E-state index contributed by atoms with van der Waals surface area (Å²) in [5.41, 5.74) is 8.99. The molecule has 2 rings (SSSR count). The molecule has 0 saturated heterocycles. The Kier molecular flexibility index (Phi) is 5.34. The van der Waals surface area contributed by atoms with E-state index in [1.165, 1.54) is 0 Å². The number of hydrogen-bond donors (Lipinski definition) is 1. The van der Waals surface area contributed by atoms with Gasteiger partial charge in [-0.3, -0.25) is 0 Å². The zero-order valence-electron chi connectivity index (χ0n) is 12.5. The molecule has 0 saturated carbocycles. The molecule has 0 radical (unpaired) electrons. The second-order valence-electron chi connectivity index (χ2n) is 4.94. The van der Waals surface area contributed by atoms with Gasteiger partial charge < -0.3 is 15.4 Å². The van der Waals surface area contributed by atoms with Gasteiger partial charge in [-0.15, -0.1) is 0 Å². The summed E-state index contributed by atoms with van der Waals surface area (Å²) in [6.45, 7) is 3.79. The second-order valence-corrected chi connectivity index (χ2v) is 5.37. The second kappa shape index (κ2) is 7.23. The summed E-state index contributed by atoms with van der Waals surface area (Å²) >= 11 is 6.11. The van der Waals surface area contributed by atoms with E-state index in [1.54, 1.807) is 7.11 Å². The lowest BCUT2D eigenvalue weighted by Crippen LogP contribution is -2.24. The number of benzene rings is 2. The fourth-order valence-corrected chi connectivity index (χ4v) is 2.60. The minimum atomic E-state index is 0.711. The van der Waals surface area contributed by atoms with Gasteiger partial charge in [0, 0.05) is 23.7 Å². The SMILES string of the molecule is CCCN(Cc1cc(Cl)ccc1OC)c1ccccc1N. The van der Waals surface area contributed by atoms with Gasteiger partial charge in [0.15, 0.2) is 0 Å². The maximum Gasteiger partial charge on any atom is 0.123 e. The van der Waals surface area contributed by atoms with Crippen LogP contribution in [0, 0.1) is 0 Å². The summed E-state index contributed by atoms with van der Waals surface area (Å²) in [5, 5.41) is 0.711. The number of nitrogens with two attached hydrogens (primary N) is 1. The zero-order valence-corrected chi connectivity index (χ0v) is 13.2. The summed E-state index contributed by atoms with van der Waals surface area (Å²) in [6.07, 6.45) is 1.04. The van der Waals surface area contributed by atoms with Gasteiger partial charge in [-0.1, -0.05) is 30.7 Å².